The van der Waals surface area contributed by atoms with Crippen LogP contribution in [0.1, 0.15) is 0 Å². The minimum atomic E-state index is -0.286. The Bertz CT molecular complexity index is 842. The second-order valence-corrected chi connectivity index (χ2v) is 5.40. The molecule has 0 saturated heterocycles. The number of nitrogens with one attached hydrogen (secondary N) is 1. The SMILES string of the molecule is O=C(COc1ccc(Cl)cc1)Nc1cccc(Oc2cnccn2)c1. The van der Waals surface area contributed by atoms with E-state index in [4.69, 9.17) is 21.1 Å². The fourth-order valence-corrected chi connectivity index (χ4v) is 2.10. The van der Waals surface area contributed by atoms with Gasteiger partial charge in [-0.25, -0.2) is 4.98 Å². The maximum atomic E-state index is 12.0. The molecule has 1 aromatic heterocycles. The second kappa shape index (κ2) is 8.12. The zero-order valence-corrected chi connectivity index (χ0v) is 13.8. The van der Waals surface area contributed by atoms with Crippen molar-refractivity contribution in [3.05, 3.63) is 72.1 Å². The first-order chi connectivity index (χ1) is 12.2. The summed E-state index contributed by atoms with van der Waals surface area (Å²) in [6.45, 7) is -0.114. The largest absolute Gasteiger partial charge is 0.484 e. The first-order valence-corrected chi connectivity index (χ1v) is 7.79. The van der Waals surface area contributed by atoms with E-state index in [0.717, 1.165) is 0 Å². The van der Waals surface area contributed by atoms with Gasteiger partial charge in [-0.1, -0.05) is 17.7 Å². The van der Waals surface area contributed by atoms with Crippen LogP contribution in [0.15, 0.2) is 67.1 Å². The number of amides is 1. The Kier molecular flexibility index (Phi) is 5.43. The molecule has 25 heavy (non-hydrogen) atoms. The topological polar surface area (TPSA) is 73.3 Å². The van der Waals surface area contributed by atoms with Crippen molar-refractivity contribution in [3.63, 3.8) is 0 Å². The van der Waals surface area contributed by atoms with Crippen molar-refractivity contribution in [3.8, 4) is 17.4 Å². The van der Waals surface area contributed by atoms with Crippen LogP contribution in [0.4, 0.5) is 5.69 Å². The number of carbonyl (C=O) groups excluding carboxylic acids is 1. The van der Waals surface area contributed by atoms with Crippen LogP contribution in [-0.4, -0.2) is 22.5 Å². The molecule has 0 atom stereocenters. The quantitative estimate of drug-likeness (QED) is 0.725. The standard InChI is InChI=1S/C18H14ClN3O3/c19-13-4-6-15(7-5-13)24-12-17(23)22-14-2-1-3-16(10-14)25-18-11-20-8-9-21-18/h1-11H,12H2,(H,22,23). The maximum absolute atomic E-state index is 12.0. The lowest BCUT2D eigenvalue weighted by atomic mass is 10.3. The van der Waals surface area contributed by atoms with Gasteiger partial charge in [0.2, 0.25) is 5.88 Å². The normalized spacial score (nSPS) is 10.1. The first-order valence-electron chi connectivity index (χ1n) is 7.41. The molecule has 0 saturated carbocycles. The Morgan fingerprint density at radius 3 is 2.68 bits per heavy atom. The van der Waals surface area contributed by atoms with E-state index in [1.165, 1.54) is 12.4 Å². The predicted octanol–water partition coefficient (Wildman–Crippen LogP) is 3.94. The van der Waals surface area contributed by atoms with E-state index in [1.54, 1.807) is 54.7 Å². The summed E-state index contributed by atoms with van der Waals surface area (Å²) in [5.41, 5.74) is 0.589. The first kappa shape index (κ1) is 16.7. The minimum Gasteiger partial charge on any atom is -0.484 e. The van der Waals surface area contributed by atoms with Crippen LogP contribution in [0.2, 0.25) is 5.02 Å². The van der Waals surface area contributed by atoms with Gasteiger partial charge in [-0.3, -0.25) is 9.78 Å². The van der Waals surface area contributed by atoms with E-state index in [0.29, 0.717) is 28.1 Å². The molecule has 1 amide bonds. The summed E-state index contributed by atoms with van der Waals surface area (Å²) in [7, 11) is 0. The van der Waals surface area contributed by atoms with Crippen LogP contribution in [0.25, 0.3) is 0 Å². The molecule has 0 aliphatic heterocycles. The van der Waals surface area contributed by atoms with Crippen LogP contribution in [-0.2, 0) is 4.79 Å². The summed E-state index contributed by atoms with van der Waals surface area (Å²) in [4.78, 5) is 20.0. The summed E-state index contributed by atoms with van der Waals surface area (Å²) in [5, 5.41) is 3.35. The van der Waals surface area contributed by atoms with Crippen molar-refractivity contribution in [2.24, 2.45) is 0 Å². The van der Waals surface area contributed by atoms with Gasteiger partial charge in [-0.05, 0) is 36.4 Å². The molecule has 0 aliphatic carbocycles. The van der Waals surface area contributed by atoms with E-state index in [1.807, 2.05) is 0 Å². The summed E-state index contributed by atoms with van der Waals surface area (Å²) in [5.74, 6) is 1.19. The van der Waals surface area contributed by atoms with E-state index in [9.17, 15) is 4.79 Å². The lowest BCUT2D eigenvalue weighted by Crippen LogP contribution is -2.20. The third-order valence-corrected chi connectivity index (χ3v) is 3.32. The molecular weight excluding hydrogens is 342 g/mol. The highest BCUT2D eigenvalue weighted by atomic mass is 35.5. The molecule has 3 aromatic rings. The molecule has 0 bridgehead atoms. The van der Waals surface area contributed by atoms with Gasteiger partial charge in [0.05, 0.1) is 6.20 Å². The molecular formula is C18H14ClN3O3. The number of carbonyl (C=O) groups is 1. The third-order valence-electron chi connectivity index (χ3n) is 3.06. The highest BCUT2D eigenvalue weighted by Gasteiger charge is 2.06. The van der Waals surface area contributed by atoms with Crippen molar-refractivity contribution in [2.45, 2.75) is 0 Å². The van der Waals surface area contributed by atoms with E-state index >= 15 is 0 Å². The molecule has 7 heteroatoms. The van der Waals surface area contributed by atoms with Crippen molar-refractivity contribution in [2.75, 3.05) is 11.9 Å². The highest BCUT2D eigenvalue weighted by Crippen LogP contribution is 2.22. The molecule has 1 N–H and O–H groups in total. The Morgan fingerprint density at radius 2 is 1.92 bits per heavy atom. The molecule has 0 unspecified atom stereocenters. The van der Waals surface area contributed by atoms with Crippen molar-refractivity contribution in [1.29, 1.82) is 0 Å². The van der Waals surface area contributed by atoms with E-state index < -0.39 is 0 Å². The monoisotopic (exact) mass is 355 g/mol. The summed E-state index contributed by atoms with van der Waals surface area (Å²) >= 11 is 5.80. The number of benzene rings is 2. The average Bonchev–Trinajstić information content (AvgIpc) is 2.62. The molecule has 0 radical (unpaired) electrons. The van der Waals surface area contributed by atoms with Crippen LogP contribution >= 0.6 is 11.6 Å². The third kappa shape index (κ3) is 5.19. The second-order valence-electron chi connectivity index (χ2n) is 4.96. The number of rotatable bonds is 6. The summed E-state index contributed by atoms with van der Waals surface area (Å²) in [6, 6.07) is 13.8. The lowest BCUT2D eigenvalue weighted by molar-refractivity contribution is -0.118. The van der Waals surface area contributed by atoms with Crippen LogP contribution in [0.5, 0.6) is 17.4 Å². The lowest BCUT2D eigenvalue weighted by Gasteiger charge is -2.09. The fraction of sp³-hybridized carbons (Fsp3) is 0.0556. The smallest absolute Gasteiger partial charge is 0.262 e. The van der Waals surface area contributed by atoms with E-state index in [-0.39, 0.29) is 12.5 Å². The Hall–Kier alpha value is -3.12. The fourth-order valence-electron chi connectivity index (χ4n) is 1.97. The van der Waals surface area contributed by atoms with Gasteiger partial charge < -0.3 is 14.8 Å². The molecule has 1 heterocycles. The van der Waals surface area contributed by atoms with Crippen molar-refractivity contribution < 1.29 is 14.3 Å². The molecule has 6 nitrogen and oxygen atoms in total. The van der Waals surface area contributed by atoms with Gasteiger partial charge in [-0.15, -0.1) is 0 Å². The zero-order valence-electron chi connectivity index (χ0n) is 13.1. The molecule has 0 fully saturated rings. The predicted molar refractivity (Wildman–Crippen MR) is 94.1 cm³/mol. The molecule has 0 spiro atoms. The molecule has 2 aromatic carbocycles. The van der Waals surface area contributed by atoms with Gasteiger partial charge in [-0.2, -0.15) is 0 Å². The number of anilines is 1. The van der Waals surface area contributed by atoms with Gasteiger partial charge in [0.1, 0.15) is 11.5 Å². The van der Waals surface area contributed by atoms with Crippen LogP contribution < -0.4 is 14.8 Å². The van der Waals surface area contributed by atoms with Gasteiger partial charge >= 0.3 is 0 Å². The van der Waals surface area contributed by atoms with Gasteiger partial charge in [0, 0.05) is 29.2 Å². The Morgan fingerprint density at radius 1 is 1.08 bits per heavy atom. The molecule has 126 valence electrons. The molecule has 0 aliphatic rings. The minimum absolute atomic E-state index is 0.114. The summed E-state index contributed by atoms with van der Waals surface area (Å²) < 4.78 is 11.0. The number of hydrogen-bond acceptors (Lipinski definition) is 5. The maximum Gasteiger partial charge on any atom is 0.262 e. The van der Waals surface area contributed by atoms with Crippen molar-refractivity contribution >= 4 is 23.2 Å². The number of aromatic nitrogens is 2. The van der Waals surface area contributed by atoms with Crippen LogP contribution in [0.3, 0.4) is 0 Å². The number of ether oxygens (including phenoxy) is 2. The summed E-state index contributed by atoms with van der Waals surface area (Å²) in [6.07, 6.45) is 4.60. The Labute approximate surface area is 149 Å². The Balaban J connectivity index is 1.56. The van der Waals surface area contributed by atoms with E-state index in [2.05, 4.69) is 15.3 Å². The van der Waals surface area contributed by atoms with Gasteiger partial charge in [0.25, 0.3) is 5.91 Å². The zero-order chi connectivity index (χ0) is 17.5. The number of nitrogens with zero attached hydrogens (tertiary/aromatic N) is 2. The molecule has 3 rings (SSSR count). The number of hydrogen-bond donors (Lipinski definition) is 1. The number of halogens is 1. The van der Waals surface area contributed by atoms with Crippen molar-refractivity contribution in [1.82, 2.24) is 9.97 Å². The van der Waals surface area contributed by atoms with Gasteiger partial charge in [0.15, 0.2) is 6.61 Å². The highest BCUT2D eigenvalue weighted by molar-refractivity contribution is 6.30. The average molecular weight is 356 g/mol. The van der Waals surface area contributed by atoms with Crippen LogP contribution in [0, 0.1) is 0 Å².